The second kappa shape index (κ2) is 4.49. The Hall–Kier alpha value is -0.290. The highest BCUT2D eigenvalue weighted by Crippen LogP contribution is 2.34. The van der Waals surface area contributed by atoms with Crippen molar-refractivity contribution in [1.82, 2.24) is 5.32 Å². The minimum atomic E-state index is 0.441. The number of phenolic OH excluding ortho intramolecular Hbond substituents is 1. The first kappa shape index (κ1) is 10.2. The van der Waals surface area contributed by atoms with E-state index in [1.165, 1.54) is 0 Å². The quantitative estimate of drug-likeness (QED) is 0.648. The molecule has 1 aliphatic rings. The van der Waals surface area contributed by atoms with Crippen LogP contribution in [0, 0.1) is 5.92 Å². The van der Waals surface area contributed by atoms with Crippen molar-refractivity contribution in [3.05, 3.63) is 29.8 Å². The molecule has 2 atom stereocenters. The molecule has 0 aliphatic carbocycles. The molecular weight excluding hydrogens is 289 g/mol. The Kier molecular flexibility index (Phi) is 3.28. The first-order valence-corrected chi connectivity index (χ1v) is 6.40. The average molecular weight is 303 g/mol. The minimum Gasteiger partial charge on any atom is -0.508 e. The van der Waals surface area contributed by atoms with Crippen molar-refractivity contribution in [3.63, 3.8) is 0 Å². The Morgan fingerprint density at radius 1 is 1.36 bits per heavy atom. The van der Waals surface area contributed by atoms with Crippen LogP contribution in [-0.4, -0.2) is 22.6 Å². The number of phenols is 1. The second-order valence-corrected chi connectivity index (χ2v) is 4.62. The molecule has 0 aromatic heterocycles. The number of alkyl halides is 1. The summed E-state index contributed by atoms with van der Waals surface area (Å²) in [6, 6.07) is 7.68. The number of para-hydroxylation sites is 1. The van der Waals surface area contributed by atoms with Gasteiger partial charge < -0.3 is 10.4 Å². The summed E-state index contributed by atoms with van der Waals surface area (Å²) in [4.78, 5) is 0. The summed E-state index contributed by atoms with van der Waals surface area (Å²) in [5.74, 6) is 1.58. The van der Waals surface area contributed by atoms with Crippen molar-refractivity contribution >= 4 is 22.6 Å². The maximum atomic E-state index is 9.75. The topological polar surface area (TPSA) is 32.3 Å². The van der Waals surface area contributed by atoms with Crippen molar-refractivity contribution in [2.24, 2.45) is 5.92 Å². The molecule has 1 saturated heterocycles. The number of benzene rings is 1. The summed E-state index contributed by atoms with van der Waals surface area (Å²) in [6.45, 7) is 2.06. The molecule has 0 bridgehead atoms. The third-order valence-electron chi connectivity index (χ3n) is 2.87. The molecule has 1 aromatic carbocycles. The van der Waals surface area contributed by atoms with Gasteiger partial charge in [0.05, 0.1) is 0 Å². The van der Waals surface area contributed by atoms with Gasteiger partial charge in [-0.3, -0.25) is 0 Å². The molecule has 0 amide bonds. The number of hydrogen-bond donors (Lipinski definition) is 2. The summed E-state index contributed by atoms with van der Waals surface area (Å²) in [7, 11) is 0. The smallest absolute Gasteiger partial charge is 0.119 e. The Labute approximate surface area is 97.9 Å². The van der Waals surface area contributed by atoms with Gasteiger partial charge in [0, 0.05) is 16.9 Å². The molecule has 0 radical (unpaired) electrons. The zero-order valence-corrected chi connectivity index (χ0v) is 10.1. The first-order chi connectivity index (χ1) is 6.83. The van der Waals surface area contributed by atoms with E-state index in [2.05, 4.69) is 27.9 Å². The van der Waals surface area contributed by atoms with E-state index in [9.17, 15) is 5.11 Å². The predicted octanol–water partition coefficient (Wildman–Crippen LogP) is 2.13. The van der Waals surface area contributed by atoms with E-state index in [1.54, 1.807) is 6.07 Å². The Morgan fingerprint density at radius 3 is 2.86 bits per heavy atom. The average Bonchev–Trinajstić information content (AvgIpc) is 2.66. The molecule has 2 nitrogen and oxygen atoms in total. The van der Waals surface area contributed by atoms with Gasteiger partial charge in [-0.2, -0.15) is 0 Å². The van der Waals surface area contributed by atoms with Crippen LogP contribution in [0.2, 0.25) is 0 Å². The number of rotatable bonds is 2. The molecule has 2 N–H and O–H groups in total. The van der Waals surface area contributed by atoms with Crippen LogP contribution in [-0.2, 0) is 0 Å². The zero-order valence-electron chi connectivity index (χ0n) is 7.91. The normalized spacial score (nSPS) is 26.6. The fourth-order valence-electron chi connectivity index (χ4n) is 2.06. The Balaban J connectivity index is 2.26. The van der Waals surface area contributed by atoms with Crippen LogP contribution in [0.4, 0.5) is 0 Å². The molecule has 2 unspecified atom stereocenters. The van der Waals surface area contributed by atoms with Gasteiger partial charge in [-0.15, -0.1) is 0 Å². The van der Waals surface area contributed by atoms with Crippen LogP contribution in [0.3, 0.4) is 0 Å². The fourth-order valence-corrected chi connectivity index (χ4v) is 2.99. The molecule has 0 spiro atoms. The van der Waals surface area contributed by atoms with E-state index >= 15 is 0 Å². The van der Waals surface area contributed by atoms with Crippen LogP contribution in [0.5, 0.6) is 5.75 Å². The molecule has 1 heterocycles. The van der Waals surface area contributed by atoms with Gasteiger partial charge >= 0.3 is 0 Å². The lowest BCUT2D eigenvalue weighted by Gasteiger charge is -2.17. The lowest BCUT2D eigenvalue weighted by atomic mass is 9.90. The highest BCUT2D eigenvalue weighted by molar-refractivity contribution is 14.1. The standard InChI is InChI=1S/C11H14INO/c12-5-8-6-13-7-10(8)9-3-1-2-4-11(9)14/h1-4,8,10,13-14H,5-7H2. The van der Waals surface area contributed by atoms with Gasteiger partial charge in [0.2, 0.25) is 0 Å². The van der Waals surface area contributed by atoms with Crippen molar-refractivity contribution in [3.8, 4) is 5.75 Å². The van der Waals surface area contributed by atoms with Gasteiger partial charge in [-0.25, -0.2) is 0 Å². The minimum absolute atomic E-state index is 0.441. The molecule has 14 heavy (non-hydrogen) atoms. The van der Waals surface area contributed by atoms with Crippen molar-refractivity contribution in [2.45, 2.75) is 5.92 Å². The van der Waals surface area contributed by atoms with Gasteiger partial charge in [-0.05, 0) is 24.1 Å². The second-order valence-electron chi connectivity index (χ2n) is 3.74. The van der Waals surface area contributed by atoms with E-state index in [1.807, 2.05) is 18.2 Å². The molecule has 1 aliphatic heterocycles. The highest BCUT2D eigenvalue weighted by atomic mass is 127. The molecule has 0 saturated carbocycles. The number of aromatic hydroxyl groups is 1. The molecule has 1 fully saturated rings. The monoisotopic (exact) mass is 303 g/mol. The number of nitrogens with one attached hydrogen (secondary N) is 1. The van der Waals surface area contributed by atoms with E-state index in [4.69, 9.17) is 0 Å². The molecular formula is C11H14INO. The van der Waals surface area contributed by atoms with Crippen LogP contribution in [0.1, 0.15) is 11.5 Å². The molecule has 76 valence electrons. The lowest BCUT2D eigenvalue weighted by molar-refractivity contribution is 0.454. The van der Waals surface area contributed by atoms with E-state index < -0.39 is 0 Å². The largest absolute Gasteiger partial charge is 0.508 e. The molecule has 3 heteroatoms. The SMILES string of the molecule is Oc1ccccc1C1CNCC1CI. The summed E-state index contributed by atoms with van der Waals surface area (Å²) in [6.07, 6.45) is 0. The molecule has 1 aromatic rings. The Bertz CT molecular complexity index is 316. The zero-order chi connectivity index (χ0) is 9.97. The number of halogens is 1. The summed E-state index contributed by atoms with van der Waals surface area (Å²) in [5, 5.41) is 13.1. The van der Waals surface area contributed by atoms with E-state index in [0.29, 0.717) is 17.6 Å². The summed E-state index contributed by atoms with van der Waals surface area (Å²) >= 11 is 2.42. The van der Waals surface area contributed by atoms with E-state index in [0.717, 1.165) is 23.1 Å². The van der Waals surface area contributed by atoms with Crippen LogP contribution in [0.15, 0.2) is 24.3 Å². The van der Waals surface area contributed by atoms with Gasteiger partial charge in [0.25, 0.3) is 0 Å². The fraction of sp³-hybridized carbons (Fsp3) is 0.455. The van der Waals surface area contributed by atoms with Crippen molar-refractivity contribution < 1.29 is 5.11 Å². The van der Waals surface area contributed by atoms with Crippen LogP contribution in [0.25, 0.3) is 0 Å². The van der Waals surface area contributed by atoms with Crippen molar-refractivity contribution in [1.29, 1.82) is 0 Å². The van der Waals surface area contributed by atoms with Gasteiger partial charge in [0.1, 0.15) is 5.75 Å². The van der Waals surface area contributed by atoms with Gasteiger partial charge in [0.15, 0.2) is 0 Å². The summed E-state index contributed by atoms with van der Waals surface area (Å²) in [5.41, 5.74) is 1.10. The number of hydrogen-bond acceptors (Lipinski definition) is 2. The van der Waals surface area contributed by atoms with E-state index in [-0.39, 0.29) is 0 Å². The first-order valence-electron chi connectivity index (χ1n) is 4.87. The predicted molar refractivity (Wildman–Crippen MR) is 66.1 cm³/mol. The Morgan fingerprint density at radius 2 is 2.14 bits per heavy atom. The third-order valence-corrected chi connectivity index (χ3v) is 4.01. The maximum absolute atomic E-state index is 9.75. The highest BCUT2D eigenvalue weighted by Gasteiger charge is 2.28. The third kappa shape index (κ3) is 1.88. The molecule has 2 rings (SSSR count). The van der Waals surface area contributed by atoms with Gasteiger partial charge in [-0.1, -0.05) is 40.8 Å². The van der Waals surface area contributed by atoms with Crippen LogP contribution >= 0.6 is 22.6 Å². The van der Waals surface area contributed by atoms with Crippen molar-refractivity contribution in [2.75, 3.05) is 17.5 Å². The summed E-state index contributed by atoms with van der Waals surface area (Å²) < 4.78 is 1.14. The maximum Gasteiger partial charge on any atom is 0.119 e. The lowest BCUT2D eigenvalue weighted by Crippen LogP contribution is -2.11. The van der Waals surface area contributed by atoms with Crippen LogP contribution < -0.4 is 5.32 Å².